The van der Waals surface area contributed by atoms with Crippen molar-refractivity contribution >= 4 is 45.5 Å². The van der Waals surface area contributed by atoms with Gasteiger partial charge in [-0.05, 0) is 67.6 Å². The van der Waals surface area contributed by atoms with Gasteiger partial charge in [0.1, 0.15) is 5.75 Å². The lowest BCUT2D eigenvalue weighted by molar-refractivity contribution is 0.417. The number of benzene rings is 2. The van der Waals surface area contributed by atoms with Crippen molar-refractivity contribution < 1.29 is 4.74 Å². The van der Waals surface area contributed by atoms with E-state index in [4.69, 9.17) is 32.9 Å². The average molecular weight is 373 g/mol. The maximum atomic E-state index is 6.26. The summed E-state index contributed by atoms with van der Waals surface area (Å²) in [6.07, 6.45) is 4.37. The number of hydrogen-bond donors (Lipinski definition) is 1. The molecule has 4 rings (SSSR count). The number of halogens is 2. The summed E-state index contributed by atoms with van der Waals surface area (Å²) in [5, 5.41) is 5.94. The number of ether oxygens (including phenoxy) is 1. The summed E-state index contributed by atoms with van der Waals surface area (Å²) in [6.45, 7) is 0. The van der Waals surface area contributed by atoms with E-state index in [1.165, 1.54) is 24.1 Å². The smallest absolute Gasteiger partial charge is 0.142 e. The fraction of sp³-hybridized carbons (Fsp3) is 0.250. The highest BCUT2D eigenvalue weighted by atomic mass is 35.5. The summed E-state index contributed by atoms with van der Waals surface area (Å²) in [7, 11) is 1.66. The Kier molecular flexibility index (Phi) is 4.45. The van der Waals surface area contributed by atoms with Gasteiger partial charge < -0.3 is 10.1 Å². The van der Waals surface area contributed by atoms with Crippen LogP contribution in [0.5, 0.6) is 5.75 Å². The number of fused-ring (bicyclic) bond motifs is 2. The van der Waals surface area contributed by atoms with Gasteiger partial charge in [0.2, 0.25) is 0 Å². The number of nitrogens with zero attached hydrogens (tertiary/aromatic N) is 1. The standard InChI is InChI=1S/C20H18Cl2N2O/c1-25-19-9-7-13(22)11-18(19)24-20-14-4-2-3-5-16(14)23-17-8-6-12(21)10-15(17)20/h6-11H,2-5H2,1H3,(H,23,24). The monoisotopic (exact) mass is 372 g/mol. The third-order valence-corrected chi connectivity index (χ3v) is 5.12. The van der Waals surface area contributed by atoms with Gasteiger partial charge in [0.05, 0.1) is 24.0 Å². The molecule has 0 radical (unpaired) electrons. The van der Waals surface area contributed by atoms with Crippen molar-refractivity contribution in [2.45, 2.75) is 25.7 Å². The van der Waals surface area contributed by atoms with Crippen LogP contribution in [0, 0.1) is 0 Å². The molecule has 0 saturated heterocycles. The van der Waals surface area contributed by atoms with E-state index in [2.05, 4.69) is 5.32 Å². The minimum Gasteiger partial charge on any atom is -0.495 e. The molecule has 2 aromatic carbocycles. The third kappa shape index (κ3) is 3.14. The topological polar surface area (TPSA) is 34.1 Å². The molecule has 25 heavy (non-hydrogen) atoms. The van der Waals surface area contributed by atoms with E-state index in [9.17, 15) is 0 Å². The van der Waals surface area contributed by atoms with Gasteiger partial charge in [-0.2, -0.15) is 0 Å². The Balaban J connectivity index is 1.93. The van der Waals surface area contributed by atoms with Crippen LogP contribution in [0.15, 0.2) is 36.4 Å². The molecule has 128 valence electrons. The highest BCUT2D eigenvalue weighted by Gasteiger charge is 2.19. The summed E-state index contributed by atoms with van der Waals surface area (Å²) >= 11 is 12.5. The van der Waals surface area contributed by atoms with Crippen molar-refractivity contribution in [3.05, 3.63) is 57.7 Å². The first-order chi connectivity index (χ1) is 12.2. The van der Waals surface area contributed by atoms with Gasteiger partial charge in [-0.3, -0.25) is 4.98 Å². The Morgan fingerprint density at radius 1 is 1.00 bits per heavy atom. The number of pyridine rings is 1. The summed E-state index contributed by atoms with van der Waals surface area (Å²) < 4.78 is 5.49. The Morgan fingerprint density at radius 3 is 2.60 bits per heavy atom. The molecule has 0 saturated carbocycles. The molecule has 0 spiro atoms. The molecule has 0 bridgehead atoms. The Bertz CT molecular complexity index is 956. The van der Waals surface area contributed by atoms with Crippen LogP contribution < -0.4 is 10.1 Å². The molecule has 0 amide bonds. The fourth-order valence-electron chi connectivity index (χ4n) is 3.45. The number of anilines is 2. The Hall–Kier alpha value is -1.97. The molecule has 0 unspecified atom stereocenters. The molecule has 0 atom stereocenters. The fourth-order valence-corrected chi connectivity index (χ4v) is 3.80. The van der Waals surface area contributed by atoms with E-state index in [0.717, 1.165) is 40.9 Å². The van der Waals surface area contributed by atoms with Gasteiger partial charge in [-0.25, -0.2) is 0 Å². The number of nitrogens with one attached hydrogen (secondary N) is 1. The highest BCUT2D eigenvalue weighted by Crippen LogP contribution is 2.39. The van der Waals surface area contributed by atoms with Crippen LogP contribution in [-0.2, 0) is 12.8 Å². The molecule has 1 N–H and O–H groups in total. The summed E-state index contributed by atoms with van der Waals surface area (Å²) in [5.74, 6) is 0.751. The predicted molar refractivity (Wildman–Crippen MR) is 105 cm³/mol. The second-order valence-electron chi connectivity index (χ2n) is 6.25. The normalized spacial score (nSPS) is 13.6. The third-order valence-electron chi connectivity index (χ3n) is 4.65. The molecule has 1 aliphatic rings. The Labute approximate surface area is 156 Å². The summed E-state index contributed by atoms with van der Waals surface area (Å²) in [5.41, 5.74) is 5.29. The Morgan fingerprint density at radius 2 is 1.76 bits per heavy atom. The van der Waals surface area contributed by atoms with Crippen LogP contribution in [0.3, 0.4) is 0 Å². The largest absolute Gasteiger partial charge is 0.495 e. The van der Waals surface area contributed by atoms with Gasteiger partial charge in [0.25, 0.3) is 0 Å². The van der Waals surface area contributed by atoms with Crippen molar-refractivity contribution in [1.29, 1.82) is 0 Å². The van der Waals surface area contributed by atoms with Gasteiger partial charge in [0, 0.05) is 21.1 Å². The summed E-state index contributed by atoms with van der Waals surface area (Å²) in [4.78, 5) is 4.86. The first-order valence-corrected chi connectivity index (χ1v) is 9.13. The first-order valence-electron chi connectivity index (χ1n) is 8.37. The van der Waals surface area contributed by atoms with Crippen molar-refractivity contribution in [1.82, 2.24) is 4.98 Å². The zero-order valence-corrected chi connectivity index (χ0v) is 15.4. The van der Waals surface area contributed by atoms with Crippen molar-refractivity contribution in [2.75, 3.05) is 12.4 Å². The molecule has 0 fully saturated rings. The average Bonchev–Trinajstić information content (AvgIpc) is 2.62. The molecule has 3 aromatic rings. The lowest BCUT2D eigenvalue weighted by atomic mass is 9.92. The number of hydrogen-bond acceptors (Lipinski definition) is 3. The number of aromatic nitrogens is 1. The quantitative estimate of drug-likeness (QED) is 0.596. The maximum Gasteiger partial charge on any atom is 0.142 e. The van der Waals surface area contributed by atoms with Crippen molar-refractivity contribution in [2.24, 2.45) is 0 Å². The highest BCUT2D eigenvalue weighted by molar-refractivity contribution is 6.31. The second-order valence-corrected chi connectivity index (χ2v) is 7.12. The van der Waals surface area contributed by atoms with Crippen LogP contribution in [0.4, 0.5) is 11.4 Å². The predicted octanol–water partition coefficient (Wildman–Crippen LogP) is 6.17. The molecular weight excluding hydrogens is 355 g/mol. The second kappa shape index (κ2) is 6.74. The van der Waals surface area contributed by atoms with E-state index in [1.807, 2.05) is 36.4 Å². The molecule has 1 heterocycles. The SMILES string of the molecule is COc1ccc(Cl)cc1Nc1c2c(nc3ccc(Cl)cc13)CCCC2. The van der Waals surface area contributed by atoms with E-state index in [1.54, 1.807) is 7.11 Å². The van der Waals surface area contributed by atoms with Crippen LogP contribution in [-0.4, -0.2) is 12.1 Å². The maximum absolute atomic E-state index is 6.26. The number of methoxy groups -OCH3 is 1. The van der Waals surface area contributed by atoms with E-state index >= 15 is 0 Å². The first kappa shape index (κ1) is 16.5. The van der Waals surface area contributed by atoms with Crippen LogP contribution in [0.2, 0.25) is 10.0 Å². The zero-order chi connectivity index (χ0) is 17.4. The molecule has 1 aromatic heterocycles. The van der Waals surface area contributed by atoms with Crippen LogP contribution in [0.25, 0.3) is 10.9 Å². The van der Waals surface area contributed by atoms with Gasteiger partial charge in [-0.15, -0.1) is 0 Å². The molecule has 1 aliphatic carbocycles. The zero-order valence-electron chi connectivity index (χ0n) is 13.9. The molecular formula is C20H18Cl2N2O. The number of rotatable bonds is 3. The van der Waals surface area contributed by atoms with Crippen LogP contribution in [0.1, 0.15) is 24.1 Å². The van der Waals surface area contributed by atoms with Gasteiger partial charge in [0.15, 0.2) is 0 Å². The minimum atomic E-state index is 0.661. The minimum absolute atomic E-state index is 0.661. The van der Waals surface area contributed by atoms with E-state index in [-0.39, 0.29) is 0 Å². The summed E-state index contributed by atoms with van der Waals surface area (Å²) in [6, 6.07) is 11.4. The van der Waals surface area contributed by atoms with Gasteiger partial charge in [-0.1, -0.05) is 23.2 Å². The van der Waals surface area contributed by atoms with Gasteiger partial charge >= 0.3 is 0 Å². The van der Waals surface area contributed by atoms with Crippen LogP contribution >= 0.6 is 23.2 Å². The molecule has 0 aliphatic heterocycles. The lowest BCUT2D eigenvalue weighted by Crippen LogP contribution is -2.10. The number of aryl methyl sites for hydroxylation is 1. The lowest BCUT2D eigenvalue weighted by Gasteiger charge is -2.22. The van der Waals surface area contributed by atoms with Crippen molar-refractivity contribution in [3.8, 4) is 5.75 Å². The van der Waals surface area contributed by atoms with E-state index < -0.39 is 0 Å². The molecule has 3 nitrogen and oxygen atoms in total. The van der Waals surface area contributed by atoms with Crippen molar-refractivity contribution in [3.63, 3.8) is 0 Å². The van der Waals surface area contributed by atoms with E-state index in [0.29, 0.717) is 10.0 Å². The molecule has 5 heteroatoms.